The standard InChI is InChI=1S/C15H21NO2S/c1-12-4-2-3-9-16(12)15(18)11-19-14-7-5-13(10-17)6-8-14/h5-8,12,17H,2-4,9-11H2,1H3. The SMILES string of the molecule is CC1CCCCN1C(=O)CSc1ccc(CO)cc1. The zero-order valence-electron chi connectivity index (χ0n) is 11.3. The van der Waals surface area contributed by atoms with E-state index >= 15 is 0 Å². The summed E-state index contributed by atoms with van der Waals surface area (Å²) in [6, 6.07) is 8.11. The van der Waals surface area contributed by atoms with Gasteiger partial charge in [-0.05, 0) is 43.9 Å². The Morgan fingerprint density at radius 3 is 2.74 bits per heavy atom. The van der Waals surface area contributed by atoms with Crippen LogP contribution in [0.1, 0.15) is 31.7 Å². The van der Waals surface area contributed by atoms with Gasteiger partial charge in [0.15, 0.2) is 0 Å². The monoisotopic (exact) mass is 279 g/mol. The molecule has 0 spiro atoms. The Balaban J connectivity index is 1.85. The van der Waals surface area contributed by atoms with Crippen LogP contribution in [0.25, 0.3) is 0 Å². The Hall–Kier alpha value is -1.00. The summed E-state index contributed by atoms with van der Waals surface area (Å²) in [7, 11) is 0. The molecule has 1 saturated heterocycles. The molecule has 0 aromatic heterocycles. The van der Waals surface area contributed by atoms with Gasteiger partial charge in [-0.2, -0.15) is 0 Å². The molecule has 2 rings (SSSR count). The van der Waals surface area contributed by atoms with Crippen LogP contribution >= 0.6 is 11.8 Å². The molecule has 0 saturated carbocycles. The number of thioether (sulfide) groups is 1. The van der Waals surface area contributed by atoms with E-state index in [1.54, 1.807) is 11.8 Å². The molecule has 1 amide bonds. The van der Waals surface area contributed by atoms with Gasteiger partial charge in [-0.25, -0.2) is 0 Å². The van der Waals surface area contributed by atoms with Gasteiger partial charge in [0.1, 0.15) is 0 Å². The number of hydrogen-bond acceptors (Lipinski definition) is 3. The zero-order chi connectivity index (χ0) is 13.7. The topological polar surface area (TPSA) is 40.5 Å². The fraction of sp³-hybridized carbons (Fsp3) is 0.533. The lowest BCUT2D eigenvalue weighted by Crippen LogP contribution is -2.42. The van der Waals surface area contributed by atoms with E-state index in [2.05, 4.69) is 6.92 Å². The van der Waals surface area contributed by atoms with Crippen LogP contribution in [-0.4, -0.2) is 34.3 Å². The number of nitrogens with zero attached hydrogens (tertiary/aromatic N) is 1. The minimum atomic E-state index is 0.0647. The highest BCUT2D eigenvalue weighted by Gasteiger charge is 2.22. The number of benzene rings is 1. The maximum Gasteiger partial charge on any atom is 0.233 e. The fourth-order valence-corrected chi connectivity index (χ4v) is 3.17. The number of aliphatic hydroxyl groups is 1. The van der Waals surface area contributed by atoms with E-state index in [9.17, 15) is 4.79 Å². The smallest absolute Gasteiger partial charge is 0.233 e. The molecule has 0 bridgehead atoms. The van der Waals surface area contributed by atoms with Crippen LogP contribution < -0.4 is 0 Å². The molecule has 104 valence electrons. The second-order valence-electron chi connectivity index (χ2n) is 5.02. The number of amides is 1. The third-order valence-corrected chi connectivity index (χ3v) is 4.59. The van der Waals surface area contributed by atoms with Crippen LogP contribution in [0.3, 0.4) is 0 Å². The molecule has 3 nitrogen and oxygen atoms in total. The quantitative estimate of drug-likeness (QED) is 0.861. The lowest BCUT2D eigenvalue weighted by molar-refractivity contribution is -0.131. The summed E-state index contributed by atoms with van der Waals surface area (Å²) < 4.78 is 0. The molecule has 19 heavy (non-hydrogen) atoms. The van der Waals surface area contributed by atoms with Gasteiger partial charge in [-0.15, -0.1) is 11.8 Å². The van der Waals surface area contributed by atoms with E-state index < -0.39 is 0 Å². The molecular weight excluding hydrogens is 258 g/mol. The van der Waals surface area contributed by atoms with E-state index in [0.29, 0.717) is 11.8 Å². The number of rotatable bonds is 4. The van der Waals surface area contributed by atoms with Crippen molar-refractivity contribution in [1.29, 1.82) is 0 Å². The minimum absolute atomic E-state index is 0.0647. The molecule has 1 atom stereocenters. The van der Waals surface area contributed by atoms with Gasteiger partial charge in [0, 0.05) is 17.5 Å². The Morgan fingerprint density at radius 2 is 2.11 bits per heavy atom. The first-order chi connectivity index (χ1) is 9.20. The van der Waals surface area contributed by atoms with Crippen molar-refractivity contribution >= 4 is 17.7 Å². The van der Waals surface area contributed by atoms with E-state index in [4.69, 9.17) is 5.11 Å². The van der Waals surface area contributed by atoms with Crippen LogP contribution in [-0.2, 0) is 11.4 Å². The maximum absolute atomic E-state index is 12.2. The molecule has 1 heterocycles. The van der Waals surface area contributed by atoms with E-state index in [1.807, 2.05) is 29.2 Å². The molecule has 1 aliphatic rings. The Labute approximate surface area is 119 Å². The second kappa shape index (κ2) is 6.96. The fourth-order valence-electron chi connectivity index (χ4n) is 2.39. The van der Waals surface area contributed by atoms with E-state index in [1.165, 1.54) is 6.42 Å². The van der Waals surface area contributed by atoms with Gasteiger partial charge >= 0.3 is 0 Å². The molecule has 0 radical (unpaired) electrons. The van der Waals surface area contributed by atoms with Crippen LogP contribution in [0, 0.1) is 0 Å². The largest absolute Gasteiger partial charge is 0.392 e. The van der Waals surface area contributed by atoms with Crippen LogP contribution in [0.5, 0.6) is 0 Å². The molecule has 1 aliphatic heterocycles. The first kappa shape index (κ1) is 14.4. The van der Waals surface area contributed by atoms with E-state index in [0.717, 1.165) is 29.8 Å². The lowest BCUT2D eigenvalue weighted by Gasteiger charge is -2.33. The Kier molecular flexibility index (Phi) is 5.28. The van der Waals surface area contributed by atoms with Crippen molar-refractivity contribution in [1.82, 2.24) is 4.90 Å². The highest BCUT2D eigenvalue weighted by molar-refractivity contribution is 8.00. The molecule has 0 aliphatic carbocycles. The summed E-state index contributed by atoms with van der Waals surface area (Å²) in [4.78, 5) is 15.3. The maximum atomic E-state index is 12.2. The average Bonchev–Trinajstić information content (AvgIpc) is 2.46. The summed E-state index contributed by atoms with van der Waals surface area (Å²) in [5, 5.41) is 8.98. The van der Waals surface area contributed by atoms with Gasteiger partial charge < -0.3 is 10.0 Å². The minimum Gasteiger partial charge on any atom is -0.392 e. The van der Waals surface area contributed by atoms with Crippen LogP contribution in [0.4, 0.5) is 0 Å². The third kappa shape index (κ3) is 3.98. The molecule has 1 unspecified atom stereocenters. The normalized spacial score (nSPS) is 19.5. The lowest BCUT2D eigenvalue weighted by atomic mass is 10.0. The number of likely N-dealkylation sites (tertiary alicyclic amines) is 1. The van der Waals surface area contributed by atoms with Crippen LogP contribution in [0.2, 0.25) is 0 Å². The summed E-state index contributed by atoms with van der Waals surface area (Å²) >= 11 is 1.57. The Morgan fingerprint density at radius 1 is 1.37 bits per heavy atom. The van der Waals surface area contributed by atoms with E-state index in [-0.39, 0.29) is 12.5 Å². The van der Waals surface area contributed by atoms with Gasteiger partial charge in [0.25, 0.3) is 0 Å². The van der Waals surface area contributed by atoms with Crippen molar-refractivity contribution in [3.8, 4) is 0 Å². The van der Waals surface area contributed by atoms with Gasteiger partial charge in [-0.3, -0.25) is 4.79 Å². The van der Waals surface area contributed by atoms with Crippen molar-refractivity contribution < 1.29 is 9.90 Å². The summed E-state index contributed by atoms with van der Waals surface area (Å²) in [5.41, 5.74) is 0.903. The van der Waals surface area contributed by atoms with Crippen molar-refractivity contribution in [2.24, 2.45) is 0 Å². The van der Waals surface area contributed by atoms with Gasteiger partial charge in [0.05, 0.1) is 12.4 Å². The Bertz CT molecular complexity index is 419. The molecule has 1 fully saturated rings. The van der Waals surface area contributed by atoms with Crippen molar-refractivity contribution in [2.75, 3.05) is 12.3 Å². The summed E-state index contributed by atoms with van der Waals surface area (Å²) in [6.07, 6.45) is 3.49. The predicted molar refractivity (Wildman–Crippen MR) is 78.1 cm³/mol. The summed E-state index contributed by atoms with van der Waals surface area (Å²) in [6.45, 7) is 3.11. The second-order valence-corrected chi connectivity index (χ2v) is 6.07. The predicted octanol–water partition coefficient (Wildman–Crippen LogP) is 2.67. The third-order valence-electron chi connectivity index (χ3n) is 3.59. The molecule has 1 N–H and O–H groups in total. The van der Waals surface area contributed by atoms with Gasteiger partial charge in [-0.1, -0.05) is 12.1 Å². The number of piperidine rings is 1. The first-order valence-electron chi connectivity index (χ1n) is 6.83. The first-order valence-corrected chi connectivity index (χ1v) is 7.81. The molecule has 4 heteroatoms. The number of carbonyl (C=O) groups excluding carboxylic acids is 1. The highest BCUT2D eigenvalue weighted by atomic mass is 32.2. The highest BCUT2D eigenvalue weighted by Crippen LogP contribution is 2.22. The number of hydrogen-bond donors (Lipinski definition) is 1. The van der Waals surface area contributed by atoms with Crippen LogP contribution in [0.15, 0.2) is 29.2 Å². The average molecular weight is 279 g/mol. The van der Waals surface area contributed by atoms with Crippen molar-refractivity contribution in [3.63, 3.8) is 0 Å². The molecule has 1 aromatic carbocycles. The number of carbonyl (C=O) groups is 1. The van der Waals surface area contributed by atoms with Crippen molar-refractivity contribution in [3.05, 3.63) is 29.8 Å². The van der Waals surface area contributed by atoms with Gasteiger partial charge in [0.2, 0.25) is 5.91 Å². The molecular formula is C15H21NO2S. The van der Waals surface area contributed by atoms with Crippen molar-refractivity contribution in [2.45, 2.75) is 43.7 Å². The summed E-state index contributed by atoms with van der Waals surface area (Å²) in [5.74, 6) is 0.742. The molecule has 1 aromatic rings. The zero-order valence-corrected chi connectivity index (χ0v) is 12.2. The number of aliphatic hydroxyl groups excluding tert-OH is 1.